The first-order valence-electron chi connectivity index (χ1n) is 8.34. The number of likely N-dealkylation sites (N-methyl/N-ethyl adjacent to an activating group) is 1. The molecular formula is C16H23N5O2. The van der Waals surface area contributed by atoms with E-state index in [1.807, 2.05) is 13.0 Å². The minimum absolute atomic E-state index is 0.519. The van der Waals surface area contributed by atoms with Crippen molar-refractivity contribution in [2.24, 2.45) is 0 Å². The summed E-state index contributed by atoms with van der Waals surface area (Å²) in [6, 6.07) is 2.53. The number of rotatable bonds is 6. The van der Waals surface area contributed by atoms with Crippen molar-refractivity contribution in [1.82, 2.24) is 25.1 Å². The van der Waals surface area contributed by atoms with Gasteiger partial charge < -0.3 is 9.05 Å². The van der Waals surface area contributed by atoms with Gasteiger partial charge in [-0.1, -0.05) is 10.3 Å². The molecule has 1 aliphatic heterocycles. The molecule has 4 rings (SSSR count). The van der Waals surface area contributed by atoms with E-state index >= 15 is 0 Å². The number of hydrogen-bond donors (Lipinski definition) is 0. The largest absolute Gasteiger partial charge is 0.361 e. The Bertz CT molecular complexity index is 663. The topological polar surface area (TPSA) is 71.4 Å². The van der Waals surface area contributed by atoms with E-state index in [1.165, 1.54) is 12.8 Å². The first-order chi connectivity index (χ1) is 11.2. The van der Waals surface area contributed by atoms with Gasteiger partial charge in [0.1, 0.15) is 5.76 Å². The van der Waals surface area contributed by atoms with Crippen molar-refractivity contribution in [2.45, 2.75) is 51.2 Å². The van der Waals surface area contributed by atoms with Crippen molar-refractivity contribution in [3.63, 3.8) is 0 Å². The summed E-state index contributed by atoms with van der Waals surface area (Å²) in [5.41, 5.74) is 1.01. The third-order valence-corrected chi connectivity index (χ3v) is 4.73. The smallest absolute Gasteiger partial charge is 0.229 e. The zero-order valence-electron chi connectivity index (χ0n) is 13.7. The van der Waals surface area contributed by atoms with Gasteiger partial charge in [0, 0.05) is 37.7 Å². The fraction of sp³-hybridized carbons (Fsp3) is 0.688. The molecule has 0 spiro atoms. The lowest BCUT2D eigenvalue weighted by molar-refractivity contribution is 0.214. The van der Waals surface area contributed by atoms with Gasteiger partial charge in [0.25, 0.3) is 0 Å². The van der Waals surface area contributed by atoms with Crippen molar-refractivity contribution in [1.29, 1.82) is 0 Å². The van der Waals surface area contributed by atoms with Crippen LogP contribution in [0.15, 0.2) is 15.1 Å². The fourth-order valence-electron chi connectivity index (χ4n) is 3.22. The molecule has 1 atom stereocenters. The van der Waals surface area contributed by atoms with Crippen molar-refractivity contribution < 1.29 is 9.05 Å². The molecule has 2 aromatic heterocycles. The summed E-state index contributed by atoms with van der Waals surface area (Å²) in [7, 11) is 2.14. The third kappa shape index (κ3) is 3.45. The average molecular weight is 317 g/mol. The lowest BCUT2D eigenvalue weighted by Gasteiger charge is -2.23. The predicted molar refractivity (Wildman–Crippen MR) is 82.7 cm³/mol. The molecule has 2 aliphatic rings. The van der Waals surface area contributed by atoms with Crippen LogP contribution >= 0.6 is 0 Å². The van der Waals surface area contributed by atoms with Crippen LogP contribution in [0.4, 0.5) is 0 Å². The van der Waals surface area contributed by atoms with Gasteiger partial charge in [0.05, 0.1) is 12.2 Å². The van der Waals surface area contributed by atoms with E-state index in [1.54, 1.807) is 0 Å². The van der Waals surface area contributed by atoms with Crippen LogP contribution in [0.5, 0.6) is 0 Å². The van der Waals surface area contributed by atoms with E-state index in [0.29, 0.717) is 12.0 Å². The molecule has 1 saturated carbocycles. The van der Waals surface area contributed by atoms with Gasteiger partial charge in [0.15, 0.2) is 5.82 Å². The minimum atomic E-state index is 0.519. The highest BCUT2D eigenvalue weighted by molar-refractivity contribution is 5.04. The highest BCUT2D eigenvalue weighted by Crippen LogP contribution is 2.38. The van der Waals surface area contributed by atoms with Crippen molar-refractivity contribution in [2.75, 3.05) is 20.1 Å². The molecule has 2 aromatic rings. The minimum Gasteiger partial charge on any atom is -0.361 e. The molecule has 7 nitrogen and oxygen atoms in total. The summed E-state index contributed by atoms with van der Waals surface area (Å²) in [6.07, 6.45) is 3.54. The molecule has 2 fully saturated rings. The van der Waals surface area contributed by atoms with Gasteiger partial charge in [-0.05, 0) is 33.2 Å². The summed E-state index contributed by atoms with van der Waals surface area (Å²) >= 11 is 0. The highest BCUT2D eigenvalue weighted by Gasteiger charge is 2.31. The maximum Gasteiger partial charge on any atom is 0.229 e. The summed E-state index contributed by atoms with van der Waals surface area (Å²) in [4.78, 5) is 9.27. The zero-order valence-corrected chi connectivity index (χ0v) is 13.7. The van der Waals surface area contributed by atoms with E-state index in [0.717, 1.165) is 55.8 Å². The Morgan fingerprint density at radius 2 is 2.13 bits per heavy atom. The van der Waals surface area contributed by atoms with Crippen molar-refractivity contribution >= 4 is 0 Å². The predicted octanol–water partition coefficient (Wildman–Crippen LogP) is 1.95. The van der Waals surface area contributed by atoms with E-state index in [4.69, 9.17) is 9.05 Å². The second kappa shape index (κ2) is 6.05. The summed E-state index contributed by atoms with van der Waals surface area (Å²) < 4.78 is 10.5. The standard InChI is InChI=1S/C16H23N5O2/c1-11-7-13(18-22-11)8-21-6-5-14(9-21)20(2)10-15-17-16(23-19-15)12-3-4-12/h7,12,14H,3-6,8-10H2,1-2H3/t14-/m0/s1. The van der Waals surface area contributed by atoms with Crippen LogP contribution in [-0.2, 0) is 13.1 Å². The van der Waals surface area contributed by atoms with E-state index < -0.39 is 0 Å². The third-order valence-electron chi connectivity index (χ3n) is 4.73. The molecule has 0 aromatic carbocycles. The Morgan fingerprint density at radius 3 is 2.87 bits per heavy atom. The molecule has 0 unspecified atom stereocenters. The number of nitrogens with zero attached hydrogens (tertiary/aromatic N) is 5. The maximum absolute atomic E-state index is 5.34. The summed E-state index contributed by atoms with van der Waals surface area (Å²) in [5, 5.41) is 8.19. The molecule has 0 bridgehead atoms. The number of aryl methyl sites for hydroxylation is 1. The molecule has 0 amide bonds. The van der Waals surface area contributed by atoms with Crippen LogP contribution in [0.25, 0.3) is 0 Å². The van der Waals surface area contributed by atoms with Gasteiger partial charge in [-0.2, -0.15) is 4.98 Å². The Kier molecular flexibility index (Phi) is 3.90. The van der Waals surface area contributed by atoms with Crippen LogP contribution < -0.4 is 0 Å². The Hall–Kier alpha value is -1.73. The van der Waals surface area contributed by atoms with Gasteiger partial charge in [-0.3, -0.25) is 9.80 Å². The van der Waals surface area contributed by atoms with Crippen LogP contribution in [0, 0.1) is 6.92 Å². The second-order valence-corrected chi connectivity index (χ2v) is 6.84. The van der Waals surface area contributed by atoms with Gasteiger partial charge in [0.2, 0.25) is 5.89 Å². The normalized spacial score (nSPS) is 22.3. The Balaban J connectivity index is 1.29. The first kappa shape index (κ1) is 14.8. The molecule has 0 radical (unpaired) electrons. The van der Waals surface area contributed by atoms with Crippen LogP contribution in [0.2, 0.25) is 0 Å². The molecule has 3 heterocycles. The zero-order chi connectivity index (χ0) is 15.8. The number of likely N-dealkylation sites (tertiary alicyclic amines) is 1. The van der Waals surface area contributed by atoms with Crippen molar-refractivity contribution in [3.8, 4) is 0 Å². The SMILES string of the molecule is Cc1cc(CN2CC[C@H](N(C)Cc3noc(C4CC4)n3)C2)no1. The number of hydrogen-bond acceptors (Lipinski definition) is 7. The highest BCUT2D eigenvalue weighted by atomic mass is 16.5. The summed E-state index contributed by atoms with van der Waals surface area (Å²) in [6.45, 7) is 5.65. The number of aromatic nitrogens is 3. The summed E-state index contributed by atoms with van der Waals surface area (Å²) in [5.74, 6) is 3.02. The first-order valence-corrected chi connectivity index (χ1v) is 8.34. The molecule has 7 heteroatoms. The Labute approximate surface area is 135 Å². The molecule has 1 aliphatic carbocycles. The molecular weight excluding hydrogens is 294 g/mol. The quantitative estimate of drug-likeness (QED) is 0.806. The second-order valence-electron chi connectivity index (χ2n) is 6.84. The monoisotopic (exact) mass is 317 g/mol. The van der Waals surface area contributed by atoms with E-state index in [2.05, 4.69) is 32.1 Å². The average Bonchev–Trinajstić information content (AvgIpc) is 2.93. The van der Waals surface area contributed by atoms with Gasteiger partial charge in [-0.15, -0.1) is 0 Å². The lowest BCUT2D eigenvalue weighted by atomic mass is 10.2. The molecule has 0 N–H and O–H groups in total. The van der Waals surface area contributed by atoms with Crippen LogP contribution in [0.3, 0.4) is 0 Å². The molecule has 23 heavy (non-hydrogen) atoms. The molecule has 124 valence electrons. The van der Waals surface area contributed by atoms with Crippen LogP contribution in [0.1, 0.15) is 48.3 Å². The van der Waals surface area contributed by atoms with Gasteiger partial charge >= 0.3 is 0 Å². The van der Waals surface area contributed by atoms with Crippen molar-refractivity contribution in [3.05, 3.63) is 29.2 Å². The fourth-order valence-corrected chi connectivity index (χ4v) is 3.22. The maximum atomic E-state index is 5.34. The lowest BCUT2D eigenvalue weighted by Crippen LogP contribution is -2.34. The van der Waals surface area contributed by atoms with E-state index in [-0.39, 0.29) is 0 Å². The van der Waals surface area contributed by atoms with E-state index in [9.17, 15) is 0 Å². The van der Waals surface area contributed by atoms with Crippen LogP contribution in [-0.4, -0.2) is 51.3 Å². The molecule has 1 saturated heterocycles. The van der Waals surface area contributed by atoms with Gasteiger partial charge in [-0.25, -0.2) is 0 Å². The Morgan fingerprint density at radius 1 is 1.26 bits per heavy atom.